The van der Waals surface area contributed by atoms with Crippen molar-refractivity contribution in [2.75, 3.05) is 7.11 Å². The second-order valence-corrected chi connectivity index (χ2v) is 13.9. The van der Waals surface area contributed by atoms with E-state index in [1.165, 1.54) is 43.7 Å². The lowest BCUT2D eigenvalue weighted by molar-refractivity contribution is 0.121. The second-order valence-electron chi connectivity index (χ2n) is 9.55. The quantitative estimate of drug-likeness (QED) is 0.179. The van der Waals surface area contributed by atoms with E-state index in [1.54, 1.807) is 0 Å². The molecule has 195 valence electrons. The molecule has 1 saturated carbocycles. The first-order valence-corrected chi connectivity index (χ1v) is 16.2. The van der Waals surface area contributed by atoms with Crippen LogP contribution >= 0.6 is 15.8 Å². The van der Waals surface area contributed by atoms with Crippen LogP contribution in [0.4, 0.5) is 0 Å². The van der Waals surface area contributed by atoms with E-state index in [0.717, 1.165) is 0 Å². The molecule has 1 aliphatic rings. The molecular formula is C37H31OP2. The Morgan fingerprint density at radius 1 is 0.475 bits per heavy atom. The number of methoxy groups -OCH3 is 1. The molecule has 1 fully saturated rings. The fourth-order valence-corrected chi connectivity index (χ4v) is 10.3. The van der Waals surface area contributed by atoms with Gasteiger partial charge in [-0.25, -0.2) is 0 Å². The highest BCUT2D eigenvalue weighted by Gasteiger charge is 2.43. The van der Waals surface area contributed by atoms with Crippen LogP contribution in [-0.4, -0.2) is 7.11 Å². The Morgan fingerprint density at radius 2 is 0.900 bits per heavy atom. The molecule has 5 aromatic carbocycles. The molecule has 0 saturated heterocycles. The van der Waals surface area contributed by atoms with Gasteiger partial charge in [-0.15, -0.1) is 0 Å². The minimum Gasteiger partial charge on any atom is -0.376 e. The Morgan fingerprint density at radius 3 is 1.38 bits per heavy atom. The normalized spacial score (nSPS) is 15.1. The Bertz CT molecular complexity index is 1400. The molecule has 0 unspecified atom stereocenters. The third-order valence-electron chi connectivity index (χ3n) is 7.10. The van der Waals surface area contributed by atoms with Gasteiger partial charge in [-0.1, -0.05) is 146 Å². The number of hydrogen-bond acceptors (Lipinski definition) is 1. The summed E-state index contributed by atoms with van der Waals surface area (Å²) in [6.07, 6.45) is 6.57. The average Bonchev–Trinajstić information content (AvgIpc) is 3.50. The third kappa shape index (κ3) is 5.70. The van der Waals surface area contributed by atoms with Crippen molar-refractivity contribution >= 4 is 42.4 Å². The first kappa shape index (κ1) is 27.1. The van der Waals surface area contributed by atoms with E-state index < -0.39 is 15.8 Å². The van der Waals surface area contributed by atoms with Crippen molar-refractivity contribution in [3.05, 3.63) is 182 Å². The van der Waals surface area contributed by atoms with Crippen LogP contribution in [0.25, 0.3) is 0 Å². The lowest BCUT2D eigenvalue weighted by Gasteiger charge is -2.34. The van der Waals surface area contributed by atoms with E-state index in [4.69, 9.17) is 4.74 Å². The van der Waals surface area contributed by atoms with E-state index in [2.05, 4.69) is 165 Å². The number of benzene rings is 5. The topological polar surface area (TPSA) is 9.23 Å². The van der Waals surface area contributed by atoms with Crippen LogP contribution in [-0.2, 0) is 4.74 Å². The van der Waals surface area contributed by atoms with Crippen molar-refractivity contribution in [2.24, 2.45) is 0 Å². The molecule has 0 N–H and O–H groups in total. The Hall–Kier alpha value is -3.08. The highest BCUT2D eigenvalue weighted by atomic mass is 31.1. The summed E-state index contributed by atoms with van der Waals surface area (Å²) in [4.78, 5) is 0. The van der Waals surface area contributed by atoms with E-state index in [9.17, 15) is 0 Å². The zero-order chi connectivity index (χ0) is 27.1. The molecule has 0 aliphatic heterocycles. The van der Waals surface area contributed by atoms with E-state index in [0.29, 0.717) is 0 Å². The SMILES string of the molecule is CO[C@@H]([C]1[CH][CH][CH][C]1P(c1ccccc1)c1ccccc1)c1ccccc1P(c1ccccc1)c1ccccc1. The smallest absolute Gasteiger partial charge is 0.0902 e. The summed E-state index contributed by atoms with van der Waals surface area (Å²) < 4.78 is 6.43. The highest BCUT2D eigenvalue weighted by Crippen LogP contribution is 2.59. The zero-order valence-corrected chi connectivity index (χ0v) is 24.3. The molecule has 5 aromatic rings. The molecule has 0 amide bonds. The lowest BCUT2D eigenvalue weighted by atomic mass is 9.94. The first-order valence-electron chi connectivity index (χ1n) is 13.5. The lowest BCUT2D eigenvalue weighted by Crippen LogP contribution is -2.28. The first-order chi connectivity index (χ1) is 19.8. The summed E-state index contributed by atoms with van der Waals surface area (Å²) in [5, 5.41) is 6.69. The Balaban J connectivity index is 1.44. The highest BCUT2D eigenvalue weighted by molar-refractivity contribution is 7.80. The van der Waals surface area contributed by atoms with Crippen LogP contribution < -0.4 is 26.5 Å². The van der Waals surface area contributed by atoms with Gasteiger partial charge in [0.25, 0.3) is 0 Å². The average molecular weight is 554 g/mol. The summed E-state index contributed by atoms with van der Waals surface area (Å²) in [6, 6.07) is 52.5. The van der Waals surface area contributed by atoms with Crippen molar-refractivity contribution in [3.8, 4) is 0 Å². The summed E-state index contributed by atoms with van der Waals surface area (Å²) in [6.45, 7) is 0. The van der Waals surface area contributed by atoms with Crippen molar-refractivity contribution in [3.63, 3.8) is 0 Å². The van der Waals surface area contributed by atoms with Crippen LogP contribution in [0, 0.1) is 30.8 Å². The predicted molar refractivity (Wildman–Crippen MR) is 173 cm³/mol. The predicted octanol–water partition coefficient (Wildman–Crippen LogP) is 7.00. The van der Waals surface area contributed by atoms with Crippen LogP contribution in [0.15, 0.2) is 146 Å². The molecule has 3 heteroatoms. The standard InChI is InChI=1S/C37H31OP2/c1-38-37(34-26-16-28-36(34)40(31-21-10-4-11-22-31)32-23-12-5-13-24-32)33-25-14-15-27-35(33)39(29-17-6-2-7-18-29)30-19-8-3-9-20-30/h2-28,37H,1H3/t37-/m1/s1. The van der Waals surface area contributed by atoms with Gasteiger partial charge in [0, 0.05) is 18.7 Å². The minimum absolute atomic E-state index is 0.184. The van der Waals surface area contributed by atoms with Gasteiger partial charge >= 0.3 is 0 Å². The molecule has 1 aliphatic carbocycles. The summed E-state index contributed by atoms with van der Waals surface area (Å²) in [5.41, 5.74) is 2.57. The van der Waals surface area contributed by atoms with Gasteiger partial charge in [-0.05, 0) is 67.2 Å². The fourth-order valence-electron chi connectivity index (χ4n) is 5.35. The van der Waals surface area contributed by atoms with Crippen molar-refractivity contribution in [2.45, 2.75) is 6.10 Å². The molecular weight excluding hydrogens is 522 g/mol. The largest absolute Gasteiger partial charge is 0.376 e. The molecule has 0 aromatic heterocycles. The van der Waals surface area contributed by atoms with Gasteiger partial charge in [0.1, 0.15) is 0 Å². The van der Waals surface area contributed by atoms with Crippen molar-refractivity contribution < 1.29 is 4.74 Å². The third-order valence-corrected chi connectivity index (χ3v) is 12.1. The summed E-state index contributed by atoms with van der Waals surface area (Å²) >= 11 is 0. The fraction of sp³-hybridized carbons (Fsp3) is 0.0541. The van der Waals surface area contributed by atoms with Gasteiger partial charge in [0.15, 0.2) is 0 Å². The maximum absolute atomic E-state index is 6.43. The van der Waals surface area contributed by atoms with E-state index in [1.807, 2.05) is 7.11 Å². The summed E-state index contributed by atoms with van der Waals surface area (Å²) in [7, 11) is 0.332. The second kappa shape index (κ2) is 13.1. The molecule has 6 rings (SSSR count). The van der Waals surface area contributed by atoms with Gasteiger partial charge in [-0.2, -0.15) is 0 Å². The zero-order valence-electron chi connectivity index (χ0n) is 22.5. The monoisotopic (exact) mass is 553 g/mol. The van der Waals surface area contributed by atoms with Crippen molar-refractivity contribution in [1.82, 2.24) is 0 Å². The van der Waals surface area contributed by atoms with Gasteiger partial charge in [-0.3, -0.25) is 0 Å². The minimum atomic E-state index is -0.768. The molecule has 40 heavy (non-hydrogen) atoms. The summed E-state index contributed by atoms with van der Waals surface area (Å²) in [5.74, 6) is 1.24. The molecule has 0 spiro atoms. The van der Waals surface area contributed by atoms with Gasteiger partial charge < -0.3 is 4.74 Å². The maximum Gasteiger partial charge on any atom is 0.0902 e. The van der Waals surface area contributed by atoms with Crippen molar-refractivity contribution in [1.29, 1.82) is 0 Å². The van der Waals surface area contributed by atoms with E-state index >= 15 is 0 Å². The molecule has 0 heterocycles. The molecule has 0 bridgehead atoms. The molecule has 1 nitrogen and oxygen atoms in total. The van der Waals surface area contributed by atoms with Crippen LogP contribution in [0.3, 0.4) is 0 Å². The number of hydrogen-bond donors (Lipinski definition) is 0. The number of rotatable bonds is 9. The Labute approximate surface area is 241 Å². The van der Waals surface area contributed by atoms with Crippen LogP contribution in [0.2, 0.25) is 0 Å². The van der Waals surface area contributed by atoms with Crippen LogP contribution in [0.5, 0.6) is 0 Å². The van der Waals surface area contributed by atoms with Gasteiger partial charge in [0.05, 0.1) is 6.10 Å². The Kier molecular flexibility index (Phi) is 8.85. The molecule has 1 atom stereocenters. The van der Waals surface area contributed by atoms with Crippen LogP contribution in [0.1, 0.15) is 11.7 Å². The number of ether oxygens (including phenoxy) is 1. The maximum atomic E-state index is 6.43. The van der Waals surface area contributed by atoms with E-state index in [-0.39, 0.29) is 6.10 Å². The van der Waals surface area contributed by atoms with Gasteiger partial charge in [0.2, 0.25) is 0 Å². The molecule has 5 radical (unpaired) electrons.